The van der Waals surface area contributed by atoms with E-state index in [1.807, 2.05) is 42.5 Å². The van der Waals surface area contributed by atoms with Gasteiger partial charge in [-0.3, -0.25) is 4.79 Å². The maximum atomic E-state index is 12.8. The van der Waals surface area contributed by atoms with Crippen molar-refractivity contribution in [2.75, 3.05) is 16.8 Å². The summed E-state index contributed by atoms with van der Waals surface area (Å²) >= 11 is 1.33. The topological polar surface area (TPSA) is 29.1 Å². The number of carbonyl (C=O) groups excluding carboxylic acids is 1. The molecule has 0 heterocycles. The largest absolute Gasteiger partial charge is 0.418 e. The van der Waals surface area contributed by atoms with Crippen molar-refractivity contribution >= 4 is 29.4 Å². The summed E-state index contributed by atoms with van der Waals surface area (Å²) in [4.78, 5) is 11.8. The Morgan fingerprint density at radius 1 is 1.04 bits per heavy atom. The first-order valence-corrected chi connectivity index (χ1v) is 8.37. The number of carbonyl (C=O) groups is 1. The van der Waals surface area contributed by atoms with Crippen LogP contribution in [0.2, 0.25) is 0 Å². The molecule has 1 N–H and O–H groups in total. The third kappa shape index (κ3) is 5.77. The molecule has 126 valence electrons. The number of anilines is 1. The van der Waals surface area contributed by atoms with Crippen molar-refractivity contribution in [1.82, 2.24) is 0 Å². The molecule has 0 saturated carbocycles. The highest BCUT2D eigenvalue weighted by Gasteiger charge is 2.33. The van der Waals surface area contributed by atoms with Crippen LogP contribution in [0.15, 0.2) is 60.7 Å². The van der Waals surface area contributed by atoms with Gasteiger partial charge in [-0.05, 0) is 17.7 Å². The highest BCUT2D eigenvalue weighted by atomic mass is 32.2. The summed E-state index contributed by atoms with van der Waals surface area (Å²) in [5, 5.41) is 2.32. The van der Waals surface area contributed by atoms with Gasteiger partial charge in [0.15, 0.2) is 0 Å². The number of benzene rings is 2. The molecule has 2 aromatic rings. The lowest BCUT2D eigenvalue weighted by Gasteiger charge is -2.13. The molecule has 0 fully saturated rings. The third-order valence-corrected chi connectivity index (χ3v) is 3.96. The predicted molar refractivity (Wildman–Crippen MR) is 92.9 cm³/mol. The van der Waals surface area contributed by atoms with Crippen LogP contribution in [0.5, 0.6) is 0 Å². The van der Waals surface area contributed by atoms with Crippen LogP contribution in [0.3, 0.4) is 0 Å². The molecular formula is C18H16F3NOS. The van der Waals surface area contributed by atoms with Gasteiger partial charge in [-0.1, -0.05) is 54.6 Å². The molecule has 2 rings (SSSR count). The first kappa shape index (κ1) is 18.1. The fourth-order valence-electron chi connectivity index (χ4n) is 1.99. The molecule has 0 saturated heterocycles. The molecule has 2 aromatic carbocycles. The molecule has 0 aliphatic heterocycles. The number of hydrogen-bond donors (Lipinski definition) is 1. The maximum absolute atomic E-state index is 12.8. The van der Waals surface area contributed by atoms with Gasteiger partial charge in [0.1, 0.15) is 0 Å². The average Bonchev–Trinajstić information content (AvgIpc) is 2.55. The fourth-order valence-corrected chi connectivity index (χ4v) is 2.60. The lowest BCUT2D eigenvalue weighted by atomic mass is 10.1. The van der Waals surface area contributed by atoms with Gasteiger partial charge in [-0.2, -0.15) is 13.2 Å². The Bertz CT molecular complexity index is 699. The summed E-state index contributed by atoms with van der Waals surface area (Å²) in [5.41, 5.74) is 0.00408. The molecule has 0 spiro atoms. The molecule has 24 heavy (non-hydrogen) atoms. The number of nitrogens with one attached hydrogen (secondary N) is 1. The number of rotatable bonds is 6. The van der Waals surface area contributed by atoms with Crippen LogP contribution in [0.1, 0.15) is 11.1 Å². The quantitative estimate of drug-likeness (QED) is 0.735. The van der Waals surface area contributed by atoms with Crippen molar-refractivity contribution in [2.45, 2.75) is 6.18 Å². The summed E-state index contributed by atoms with van der Waals surface area (Å²) < 4.78 is 38.5. The van der Waals surface area contributed by atoms with Crippen LogP contribution in [-0.4, -0.2) is 17.4 Å². The zero-order valence-electron chi connectivity index (χ0n) is 12.7. The van der Waals surface area contributed by atoms with E-state index < -0.39 is 17.6 Å². The number of thioether (sulfide) groups is 1. The summed E-state index contributed by atoms with van der Waals surface area (Å²) in [5.74, 6) is 0.235. The number of amides is 1. The van der Waals surface area contributed by atoms with Gasteiger partial charge in [0.25, 0.3) is 0 Å². The Morgan fingerprint density at radius 2 is 1.71 bits per heavy atom. The Kier molecular flexibility index (Phi) is 6.49. The number of para-hydroxylation sites is 1. The minimum absolute atomic E-state index is 0.0886. The lowest BCUT2D eigenvalue weighted by Crippen LogP contribution is -2.18. The van der Waals surface area contributed by atoms with Gasteiger partial charge in [-0.25, -0.2) is 0 Å². The molecule has 2 nitrogen and oxygen atoms in total. The maximum Gasteiger partial charge on any atom is 0.418 e. The van der Waals surface area contributed by atoms with Crippen molar-refractivity contribution in [1.29, 1.82) is 0 Å². The summed E-state index contributed by atoms with van der Waals surface area (Å²) in [6.07, 6.45) is -0.643. The SMILES string of the molecule is O=C(CSC/C=C/c1ccccc1)Nc1ccccc1C(F)(F)F. The molecule has 0 aliphatic rings. The molecule has 1 amide bonds. The molecule has 0 radical (unpaired) electrons. The second-order valence-electron chi connectivity index (χ2n) is 4.92. The summed E-state index contributed by atoms with van der Waals surface area (Å²) in [7, 11) is 0. The number of alkyl halides is 3. The Morgan fingerprint density at radius 3 is 2.42 bits per heavy atom. The van der Waals surface area contributed by atoms with E-state index in [4.69, 9.17) is 0 Å². The summed E-state index contributed by atoms with van der Waals surface area (Å²) in [6.45, 7) is 0. The Balaban J connectivity index is 1.81. The van der Waals surface area contributed by atoms with Crippen LogP contribution >= 0.6 is 11.8 Å². The first-order valence-electron chi connectivity index (χ1n) is 7.22. The van der Waals surface area contributed by atoms with E-state index >= 15 is 0 Å². The van der Waals surface area contributed by atoms with Gasteiger partial charge < -0.3 is 5.32 Å². The van der Waals surface area contributed by atoms with Crippen LogP contribution in [0.25, 0.3) is 6.08 Å². The van der Waals surface area contributed by atoms with E-state index in [1.165, 1.54) is 30.0 Å². The summed E-state index contributed by atoms with van der Waals surface area (Å²) in [6, 6.07) is 14.7. The molecule has 0 aromatic heterocycles. The van der Waals surface area contributed by atoms with E-state index in [2.05, 4.69) is 5.32 Å². The van der Waals surface area contributed by atoms with Crippen molar-refractivity contribution in [3.05, 3.63) is 71.8 Å². The van der Waals surface area contributed by atoms with E-state index in [0.29, 0.717) is 5.75 Å². The van der Waals surface area contributed by atoms with Crippen LogP contribution < -0.4 is 5.32 Å². The third-order valence-electron chi connectivity index (χ3n) is 3.06. The van der Waals surface area contributed by atoms with Gasteiger partial charge in [0.2, 0.25) is 5.91 Å². The lowest BCUT2D eigenvalue weighted by molar-refractivity contribution is -0.137. The Hall–Kier alpha value is -2.21. The van der Waals surface area contributed by atoms with Crippen LogP contribution in [0.4, 0.5) is 18.9 Å². The van der Waals surface area contributed by atoms with Gasteiger partial charge in [0, 0.05) is 5.75 Å². The molecular weight excluding hydrogens is 335 g/mol. The number of hydrogen-bond acceptors (Lipinski definition) is 2. The van der Waals surface area contributed by atoms with Crippen LogP contribution in [0, 0.1) is 0 Å². The second-order valence-corrected chi connectivity index (χ2v) is 5.95. The normalized spacial score (nSPS) is 11.6. The Labute approximate surface area is 142 Å². The standard InChI is InChI=1S/C18H16F3NOS/c19-18(20,21)15-10-4-5-11-16(15)22-17(23)13-24-12-6-9-14-7-2-1-3-8-14/h1-11H,12-13H2,(H,22,23)/b9-6+. The zero-order valence-corrected chi connectivity index (χ0v) is 13.5. The number of halogens is 3. The van der Waals surface area contributed by atoms with Crippen molar-refractivity contribution < 1.29 is 18.0 Å². The van der Waals surface area contributed by atoms with Gasteiger partial charge in [0.05, 0.1) is 17.0 Å². The molecule has 6 heteroatoms. The highest BCUT2D eigenvalue weighted by Crippen LogP contribution is 2.34. The molecule has 0 unspecified atom stereocenters. The molecule has 0 aliphatic carbocycles. The smallest absolute Gasteiger partial charge is 0.325 e. The minimum atomic E-state index is -4.49. The monoisotopic (exact) mass is 351 g/mol. The first-order chi connectivity index (χ1) is 11.5. The predicted octanol–water partition coefficient (Wildman–Crippen LogP) is 5.09. The zero-order chi connectivity index (χ0) is 17.4. The fraction of sp³-hybridized carbons (Fsp3) is 0.167. The average molecular weight is 351 g/mol. The second kappa shape index (κ2) is 8.59. The van der Waals surface area contributed by atoms with Gasteiger partial charge in [-0.15, -0.1) is 11.8 Å². The van der Waals surface area contributed by atoms with E-state index in [9.17, 15) is 18.0 Å². The van der Waals surface area contributed by atoms with Gasteiger partial charge >= 0.3 is 6.18 Å². The highest BCUT2D eigenvalue weighted by molar-refractivity contribution is 8.00. The van der Waals surface area contributed by atoms with Crippen molar-refractivity contribution in [3.8, 4) is 0 Å². The van der Waals surface area contributed by atoms with Crippen molar-refractivity contribution in [3.63, 3.8) is 0 Å². The molecule has 0 atom stereocenters. The molecule has 0 bridgehead atoms. The van der Waals surface area contributed by atoms with Crippen molar-refractivity contribution in [2.24, 2.45) is 0 Å². The minimum Gasteiger partial charge on any atom is -0.325 e. The van der Waals surface area contributed by atoms with E-state index in [-0.39, 0.29) is 11.4 Å². The van der Waals surface area contributed by atoms with Crippen LogP contribution in [-0.2, 0) is 11.0 Å². The van der Waals surface area contributed by atoms with E-state index in [0.717, 1.165) is 11.6 Å². The van der Waals surface area contributed by atoms with E-state index in [1.54, 1.807) is 0 Å².